The van der Waals surface area contributed by atoms with Crippen molar-refractivity contribution in [2.24, 2.45) is 0 Å². The Labute approximate surface area is 90.4 Å². The molecule has 0 rings (SSSR count). The number of amides is 1. The van der Waals surface area contributed by atoms with Crippen molar-refractivity contribution in [1.29, 1.82) is 0 Å². The molecule has 3 nitrogen and oxygen atoms in total. The Balaban J connectivity index is 4.26. The molecule has 0 radical (unpaired) electrons. The van der Waals surface area contributed by atoms with Gasteiger partial charge in [0.25, 0.3) is 0 Å². The summed E-state index contributed by atoms with van der Waals surface area (Å²) in [5, 5.41) is 0. The van der Waals surface area contributed by atoms with Gasteiger partial charge in [-0.1, -0.05) is 0 Å². The minimum atomic E-state index is -0.238. The summed E-state index contributed by atoms with van der Waals surface area (Å²) in [4.78, 5) is 23.9. The molecule has 4 heteroatoms. The maximum absolute atomic E-state index is 11.3. The molecule has 0 fully saturated rings. The van der Waals surface area contributed by atoms with Gasteiger partial charge in [-0.25, -0.2) is 0 Å². The van der Waals surface area contributed by atoms with Crippen molar-refractivity contribution in [3.8, 4) is 0 Å². The number of carbonyl (C=O) groups excluding carboxylic acids is 2. The largest absolute Gasteiger partial charge is 0.338 e. The standard InChI is InChI=1S/C10H18ClNO2/c1-8(13)12(10(2,3)4)6-5-9(14)7-11/h5-7H2,1-4H3. The minimum absolute atomic E-state index is 0.0140. The smallest absolute Gasteiger partial charge is 0.219 e. The van der Waals surface area contributed by atoms with Crippen LogP contribution in [0, 0.1) is 0 Å². The van der Waals surface area contributed by atoms with Gasteiger partial charge in [-0.05, 0) is 20.8 Å². The first-order valence-corrected chi connectivity index (χ1v) is 5.18. The van der Waals surface area contributed by atoms with Crippen LogP contribution >= 0.6 is 11.6 Å². The monoisotopic (exact) mass is 219 g/mol. The van der Waals surface area contributed by atoms with Gasteiger partial charge in [0.1, 0.15) is 5.78 Å². The van der Waals surface area contributed by atoms with Crippen LogP contribution in [0.4, 0.5) is 0 Å². The average molecular weight is 220 g/mol. The maximum atomic E-state index is 11.3. The van der Waals surface area contributed by atoms with Crippen molar-refractivity contribution in [3.05, 3.63) is 0 Å². The fraction of sp³-hybridized carbons (Fsp3) is 0.800. The molecule has 0 aliphatic rings. The predicted octanol–water partition coefficient (Wildman–Crippen LogP) is 1.83. The summed E-state index contributed by atoms with van der Waals surface area (Å²) in [6, 6.07) is 0. The van der Waals surface area contributed by atoms with Crippen molar-refractivity contribution < 1.29 is 9.59 Å². The van der Waals surface area contributed by atoms with Gasteiger partial charge >= 0.3 is 0 Å². The van der Waals surface area contributed by atoms with Crippen LogP contribution in [0.15, 0.2) is 0 Å². The van der Waals surface area contributed by atoms with E-state index < -0.39 is 0 Å². The molecule has 82 valence electrons. The van der Waals surface area contributed by atoms with Crippen molar-refractivity contribution in [2.45, 2.75) is 39.7 Å². The molecule has 0 bridgehead atoms. The summed E-state index contributed by atoms with van der Waals surface area (Å²) in [6.45, 7) is 7.79. The molecule has 1 amide bonds. The van der Waals surface area contributed by atoms with E-state index in [9.17, 15) is 9.59 Å². The quantitative estimate of drug-likeness (QED) is 0.677. The highest BCUT2D eigenvalue weighted by Crippen LogP contribution is 2.13. The zero-order valence-electron chi connectivity index (χ0n) is 9.26. The molecule has 0 aromatic rings. The van der Waals surface area contributed by atoms with E-state index in [-0.39, 0.29) is 23.1 Å². The van der Waals surface area contributed by atoms with Crippen LogP contribution in [0.3, 0.4) is 0 Å². The average Bonchev–Trinajstić information content (AvgIpc) is 2.01. The molecule has 0 aliphatic heterocycles. The number of halogens is 1. The molecule has 0 heterocycles. The first-order chi connectivity index (χ1) is 6.29. The predicted molar refractivity (Wildman–Crippen MR) is 57.5 cm³/mol. The van der Waals surface area contributed by atoms with Gasteiger partial charge in [0.05, 0.1) is 5.88 Å². The van der Waals surface area contributed by atoms with Crippen molar-refractivity contribution in [3.63, 3.8) is 0 Å². The molecule has 0 N–H and O–H groups in total. The van der Waals surface area contributed by atoms with Gasteiger partial charge in [-0.15, -0.1) is 11.6 Å². The van der Waals surface area contributed by atoms with E-state index in [2.05, 4.69) is 0 Å². The van der Waals surface area contributed by atoms with Crippen LogP contribution in [-0.4, -0.2) is 34.6 Å². The van der Waals surface area contributed by atoms with Gasteiger partial charge in [0, 0.05) is 25.4 Å². The number of hydrogen-bond donors (Lipinski definition) is 0. The molecule has 0 saturated carbocycles. The third-order valence-electron chi connectivity index (χ3n) is 1.95. The number of Topliss-reactive ketones (excluding diaryl/α,β-unsaturated/α-hetero) is 1. The van der Waals surface area contributed by atoms with E-state index in [0.29, 0.717) is 13.0 Å². The number of alkyl halides is 1. The minimum Gasteiger partial charge on any atom is -0.338 e. The summed E-state index contributed by atoms with van der Waals surface area (Å²) in [7, 11) is 0. The highest BCUT2D eigenvalue weighted by Gasteiger charge is 2.23. The highest BCUT2D eigenvalue weighted by atomic mass is 35.5. The van der Waals surface area contributed by atoms with Gasteiger partial charge in [0.2, 0.25) is 5.91 Å². The second-order valence-corrected chi connectivity index (χ2v) is 4.53. The summed E-state index contributed by atoms with van der Waals surface area (Å²) >= 11 is 5.38. The molecular formula is C10H18ClNO2. The van der Waals surface area contributed by atoms with Crippen LogP contribution in [-0.2, 0) is 9.59 Å². The van der Waals surface area contributed by atoms with Crippen LogP contribution in [0.25, 0.3) is 0 Å². The molecule has 14 heavy (non-hydrogen) atoms. The van der Waals surface area contributed by atoms with E-state index in [1.807, 2.05) is 20.8 Å². The van der Waals surface area contributed by atoms with Gasteiger partial charge in [0.15, 0.2) is 0 Å². The normalized spacial score (nSPS) is 11.2. The van der Waals surface area contributed by atoms with E-state index in [0.717, 1.165) is 0 Å². The number of carbonyl (C=O) groups is 2. The molecule has 0 atom stereocenters. The Morgan fingerprint density at radius 2 is 1.79 bits per heavy atom. The van der Waals surface area contributed by atoms with E-state index in [4.69, 9.17) is 11.6 Å². The number of nitrogens with zero attached hydrogens (tertiary/aromatic N) is 1. The highest BCUT2D eigenvalue weighted by molar-refractivity contribution is 6.27. The van der Waals surface area contributed by atoms with E-state index >= 15 is 0 Å². The van der Waals surface area contributed by atoms with E-state index in [1.54, 1.807) is 4.90 Å². The van der Waals surface area contributed by atoms with Gasteiger partial charge in [-0.2, -0.15) is 0 Å². The van der Waals surface area contributed by atoms with Gasteiger partial charge < -0.3 is 4.90 Å². The number of ketones is 1. The number of rotatable bonds is 4. The fourth-order valence-electron chi connectivity index (χ4n) is 1.27. The maximum Gasteiger partial charge on any atom is 0.219 e. The third kappa shape index (κ3) is 4.61. The molecule has 0 aromatic heterocycles. The molecule has 0 aliphatic carbocycles. The Morgan fingerprint density at radius 1 is 1.29 bits per heavy atom. The Hall–Kier alpha value is -0.570. The van der Waals surface area contributed by atoms with Crippen molar-refractivity contribution >= 4 is 23.3 Å². The van der Waals surface area contributed by atoms with Crippen molar-refractivity contribution in [1.82, 2.24) is 4.90 Å². The van der Waals surface area contributed by atoms with Crippen LogP contribution in [0.1, 0.15) is 34.1 Å². The lowest BCUT2D eigenvalue weighted by Crippen LogP contribution is -2.45. The topological polar surface area (TPSA) is 37.4 Å². The van der Waals surface area contributed by atoms with Crippen LogP contribution < -0.4 is 0 Å². The first-order valence-electron chi connectivity index (χ1n) is 4.65. The van der Waals surface area contributed by atoms with Crippen molar-refractivity contribution in [2.75, 3.05) is 12.4 Å². The molecule has 0 spiro atoms. The first kappa shape index (κ1) is 13.4. The van der Waals surface area contributed by atoms with Crippen LogP contribution in [0.5, 0.6) is 0 Å². The summed E-state index contributed by atoms with van der Waals surface area (Å²) in [6.07, 6.45) is 0.334. The Kier molecular flexibility index (Phi) is 5.13. The fourth-order valence-corrected chi connectivity index (χ4v) is 1.40. The SMILES string of the molecule is CC(=O)N(CCC(=O)CCl)C(C)(C)C. The lowest BCUT2D eigenvalue weighted by Gasteiger charge is -2.34. The Bertz CT molecular complexity index is 221. The summed E-state index contributed by atoms with van der Waals surface area (Å²) < 4.78 is 0. The zero-order valence-corrected chi connectivity index (χ0v) is 10.0. The van der Waals surface area contributed by atoms with Gasteiger partial charge in [-0.3, -0.25) is 9.59 Å². The third-order valence-corrected chi connectivity index (χ3v) is 2.25. The molecule has 0 aromatic carbocycles. The molecule has 0 unspecified atom stereocenters. The lowest BCUT2D eigenvalue weighted by atomic mass is 10.1. The summed E-state index contributed by atoms with van der Waals surface area (Å²) in [5.41, 5.74) is -0.238. The second-order valence-electron chi connectivity index (χ2n) is 4.26. The van der Waals surface area contributed by atoms with Crippen LogP contribution in [0.2, 0.25) is 0 Å². The second kappa shape index (κ2) is 5.35. The molecular weight excluding hydrogens is 202 g/mol. The number of hydrogen-bond acceptors (Lipinski definition) is 2. The molecule has 0 saturated heterocycles. The Morgan fingerprint density at radius 3 is 2.07 bits per heavy atom. The van der Waals surface area contributed by atoms with E-state index in [1.165, 1.54) is 6.92 Å². The summed E-state index contributed by atoms with van der Waals surface area (Å²) in [5.74, 6) is -0.0161. The zero-order chi connectivity index (χ0) is 11.4. The lowest BCUT2D eigenvalue weighted by molar-refractivity contribution is -0.134.